The Kier molecular flexibility index (Phi) is 4.74. The third kappa shape index (κ3) is 2.99. The summed E-state index contributed by atoms with van der Waals surface area (Å²) in [7, 11) is 0. The zero-order valence-corrected chi connectivity index (χ0v) is 12.2. The lowest BCUT2D eigenvalue weighted by Gasteiger charge is -2.37. The number of hydrogen-bond donors (Lipinski definition) is 0. The van der Waals surface area contributed by atoms with Crippen molar-refractivity contribution in [3.63, 3.8) is 0 Å². The minimum Gasteiger partial charge on any atom is -0.618 e. The van der Waals surface area contributed by atoms with Crippen LogP contribution in [-0.4, -0.2) is 34.5 Å². The second-order valence-electron chi connectivity index (χ2n) is 4.95. The molecule has 0 aromatic heterocycles. The van der Waals surface area contributed by atoms with Crippen LogP contribution in [0.2, 0.25) is 0 Å². The first-order valence-electron chi connectivity index (χ1n) is 7.18. The van der Waals surface area contributed by atoms with Gasteiger partial charge in [-0.3, -0.25) is 4.90 Å². The lowest BCUT2D eigenvalue weighted by Crippen LogP contribution is -2.50. The van der Waals surface area contributed by atoms with Gasteiger partial charge in [0.1, 0.15) is 5.54 Å². The van der Waals surface area contributed by atoms with Crippen molar-refractivity contribution in [3.8, 4) is 0 Å². The summed E-state index contributed by atoms with van der Waals surface area (Å²) in [6.07, 6.45) is 10.9. The first kappa shape index (κ1) is 14.5. The Morgan fingerprint density at radius 3 is 2.45 bits per heavy atom. The normalized spacial score (nSPS) is 22.4. The average molecular weight is 270 g/mol. The van der Waals surface area contributed by atoms with Gasteiger partial charge in [0.2, 0.25) is 5.69 Å². The van der Waals surface area contributed by atoms with Crippen LogP contribution in [0.15, 0.2) is 54.6 Å². The van der Waals surface area contributed by atoms with Gasteiger partial charge in [0.25, 0.3) is 0 Å². The highest BCUT2D eigenvalue weighted by Crippen LogP contribution is 2.24. The quantitative estimate of drug-likeness (QED) is 0.355. The molecule has 1 aromatic rings. The SMILES string of the molecule is CCN(CC)C1(C=[N+]([O-])c2ccccc2)C=CC=CC1. The lowest BCUT2D eigenvalue weighted by atomic mass is 9.90. The van der Waals surface area contributed by atoms with Gasteiger partial charge in [0, 0.05) is 12.1 Å². The number of para-hydroxylation sites is 1. The molecule has 0 bridgehead atoms. The lowest BCUT2D eigenvalue weighted by molar-refractivity contribution is -0.359. The summed E-state index contributed by atoms with van der Waals surface area (Å²) in [5.74, 6) is 0. The predicted molar refractivity (Wildman–Crippen MR) is 84.3 cm³/mol. The summed E-state index contributed by atoms with van der Waals surface area (Å²) in [6, 6.07) is 9.36. The van der Waals surface area contributed by atoms with E-state index in [1.165, 1.54) is 0 Å². The molecule has 0 N–H and O–H groups in total. The number of allylic oxidation sites excluding steroid dienone is 2. The maximum Gasteiger partial charge on any atom is 0.216 e. The summed E-state index contributed by atoms with van der Waals surface area (Å²) in [4.78, 5) is 2.31. The fourth-order valence-corrected chi connectivity index (χ4v) is 2.70. The topological polar surface area (TPSA) is 29.3 Å². The predicted octanol–water partition coefficient (Wildman–Crippen LogP) is 3.50. The average Bonchev–Trinajstić information content (AvgIpc) is 2.50. The molecule has 106 valence electrons. The first-order chi connectivity index (χ1) is 9.72. The van der Waals surface area contributed by atoms with E-state index in [1.807, 2.05) is 42.5 Å². The van der Waals surface area contributed by atoms with E-state index in [4.69, 9.17) is 0 Å². The molecule has 1 aliphatic carbocycles. The minimum atomic E-state index is -0.324. The van der Waals surface area contributed by atoms with Crippen molar-refractivity contribution in [1.82, 2.24) is 4.90 Å². The number of benzene rings is 1. The number of rotatable bonds is 5. The van der Waals surface area contributed by atoms with Gasteiger partial charge in [-0.2, -0.15) is 4.74 Å². The van der Waals surface area contributed by atoms with Crippen LogP contribution in [0.25, 0.3) is 0 Å². The largest absolute Gasteiger partial charge is 0.618 e. The molecule has 0 aliphatic heterocycles. The molecule has 3 nitrogen and oxygen atoms in total. The molecule has 1 aromatic carbocycles. The smallest absolute Gasteiger partial charge is 0.216 e. The van der Waals surface area contributed by atoms with Gasteiger partial charge in [-0.25, -0.2) is 0 Å². The van der Waals surface area contributed by atoms with E-state index >= 15 is 0 Å². The molecular formula is C17H22N2O. The Balaban J connectivity index is 2.38. The van der Waals surface area contributed by atoms with E-state index in [9.17, 15) is 5.21 Å². The van der Waals surface area contributed by atoms with Gasteiger partial charge < -0.3 is 5.21 Å². The van der Waals surface area contributed by atoms with Crippen LogP contribution in [0.3, 0.4) is 0 Å². The molecule has 1 atom stereocenters. The molecule has 20 heavy (non-hydrogen) atoms. The van der Waals surface area contributed by atoms with Crippen molar-refractivity contribution in [2.24, 2.45) is 0 Å². The molecule has 0 fully saturated rings. The summed E-state index contributed by atoms with van der Waals surface area (Å²) in [5, 5.41) is 12.4. The molecule has 0 radical (unpaired) electrons. The third-order valence-electron chi connectivity index (χ3n) is 3.78. The molecule has 1 unspecified atom stereocenters. The number of nitrogens with zero attached hydrogens (tertiary/aromatic N) is 2. The highest BCUT2D eigenvalue weighted by Gasteiger charge is 2.34. The first-order valence-corrected chi connectivity index (χ1v) is 7.18. The van der Waals surface area contributed by atoms with Gasteiger partial charge in [0.15, 0.2) is 6.21 Å². The van der Waals surface area contributed by atoms with Crippen molar-refractivity contribution in [1.29, 1.82) is 0 Å². The van der Waals surface area contributed by atoms with Gasteiger partial charge in [-0.05, 0) is 19.5 Å². The Hall–Kier alpha value is -1.87. The Labute approximate surface area is 121 Å². The Morgan fingerprint density at radius 1 is 1.20 bits per heavy atom. The molecule has 0 spiro atoms. The van der Waals surface area contributed by atoms with Crippen molar-refractivity contribution in [3.05, 3.63) is 59.8 Å². The van der Waals surface area contributed by atoms with E-state index in [2.05, 4.69) is 30.9 Å². The van der Waals surface area contributed by atoms with E-state index in [-0.39, 0.29) is 5.54 Å². The van der Waals surface area contributed by atoms with E-state index in [0.717, 1.165) is 24.2 Å². The van der Waals surface area contributed by atoms with Crippen LogP contribution in [-0.2, 0) is 0 Å². The van der Waals surface area contributed by atoms with Crippen molar-refractivity contribution < 1.29 is 4.74 Å². The van der Waals surface area contributed by atoms with Crippen LogP contribution in [0.5, 0.6) is 0 Å². The third-order valence-corrected chi connectivity index (χ3v) is 3.78. The second-order valence-corrected chi connectivity index (χ2v) is 4.95. The second kappa shape index (κ2) is 6.53. The maximum atomic E-state index is 12.4. The minimum absolute atomic E-state index is 0.324. The molecule has 3 heteroatoms. The van der Waals surface area contributed by atoms with Crippen molar-refractivity contribution >= 4 is 11.9 Å². The summed E-state index contributed by atoms with van der Waals surface area (Å²) in [6.45, 7) is 6.08. The molecule has 0 saturated heterocycles. The van der Waals surface area contributed by atoms with Crippen molar-refractivity contribution in [2.75, 3.05) is 13.1 Å². The fraction of sp³-hybridized carbons (Fsp3) is 0.353. The van der Waals surface area contributed by atoms with E-state index < -0.39 is 0 Å². The molecule has 0 amide bonds. The van der Waals surface area contributed by atoms with Gasteiger partial charge in [-0.15, -0.1) is 0 Å². The Bertz CT molecular complexity index is 515. The standard InChI is InChI=1S/C17H22N2O/c1-3-18(4-2)17(13-9-6-10-14-17)15-19(20)16-11-7-5-8-12-16/h5-13,15H,3-4,14H2,1-2H3. The van der Waals surface area contributed by atoms with Gasteiger partial charge in [-0.1, -0.05) is 56.4 Å². The van der Waals surface area contributed by atoms with Crippen LogP contribution >= 0.6 is 0 Å². The Morgan fingerprint density at radius 2 is 1.90 bits per heavy atom. The van der Waals surface area contributed by atoms with Crippen LogP contribution in [0, 0.1) is 5.21 Å². The van der Waals surface area contributed by atoms with Gasteiger partial charge >= 0.3 is 0 Å². The molecular weight excluding hydrogens is 248 g/mol. The summed E-state index contributed by atoms with van der Waals surface area (Å²) >= 11 is 0. The van der Waals surface area contributed by atoms with E-state index in [0.29, 0.717) is 5.69 Å². The molecule has 1 aliphatic rings. The summed E-state index contributed by atoms with van der Waals surface area (Å²) < 4.78 is 0.988. The van der Waals surface area contributed by atoms with Crippen LogP contribution in [0.1, 0.15) is 20.3 Å². The number of likely N-dealkylation sites (N-methyl/N-ethyl adjacent to an activating group) is 1. The van der Waals surface area contributed by atoms with Crippen LogP contribution in [0.4, 0.5) is 5.69 Å². The maximum absolute atomic E-state index is 12.4. The zero-order chi connectivity index (χ0) is 14.4. The summed E-state index contributed by atoms with van der Waals surface area (Å²) in [5.41, 5.74) is 0.345. The number of hydrogen-bond acceptors (Lipinski definition) is 2. The monoisotopic (exact) mass is 270 g/mol. The molecule has 2 rings (SSSR count). The molecule has 0 heterocycles. The van der Waals surface area contributed by atoms with Crippen LogP contribution < -0.4 is 0 Å². The van der Waals surface area contributed by atoms with E-state index in [1.54, 1.807) is 6.21 Å². The van der Waals surface area contributed by atoms with Crippen molar-refractivity contribution in [2.45, 2.75) is 25.8 Å². The zero-order valence-electron chi connectivity index (χ0n) is 12.2. The fourth-order valence-electron chi connectivity index (χ4n) is 2.70. The highest BCUT2D eigenvalue weighted by molar-refractivity contribution is 5.71. The molecule has 0 saturated carbocycles. The van der Waals surface area contributed by atoms with Gasteiger partial charge in [0.05, 0.1) is 0 Å². The highest BCUT2D eigenvalue weighted by atomic mass is 16.5.